The molecule has 0 atom stereocenters. The van der Waals surface area contributed by atoms with E-state index in [-0.39, 0.29) is 6.61 Å². The number of benzene rings is 2. The fourth-order valence-corrected chi connectivity index (χ4v) is 2.91. The van der Waals surface area contributed by atoms with Crippen LogP contribution in [0.5, 0.6) is 5.75 Å². The van der Waals surface area contributed by atoms with Crippen LogP contribution in [0, 0.1) is 0 Å². The van der Waals surface area contributed by atoms with Crippen LogP contribution >= 0.6 is 0 Å². The molecule has 1 N–H and O–H groups in total. The summed E-state index contributed by atoms with van der Waals surface area (Å²) in [6.07, 6.45) is 5.07. The molecule has 0 aliphatic rings. The SMILES string of the molecule is COc1ccc(-c2cnc(Nc3ccc(CCOS(C)(=O)=O)cc3)nc2)cc1. The summed E-state index contributed by atoms with van der Waals surface area (Å²) in [5.74, 6) is 1.29. The van der Waals surface area contributed by atoms with Crippen molar-refractivity contribution < 1.29 is 17.3 Å². The first-order chi connectivity index (χ1) is 13.4. The smallest absolute Gasteiger partial charge is 0.264 e. The fraction of sp³-hybridized carbons (Fsp3) is 0.200. The summed E-state index contributed by atoms with van der Waals surface area (Å²) in [5, 5.41) is 3.14. The Kier molecular flexibility index (Phi) is 6.23. The Morgan fingerprint density at radius 3 is 2.14 bits per heavy atom. The maximum atomic E-state index is 11.0. The number of aromatic nitrogens is 2. The van der Waals surface area contributed by atoms with Gasteiger partial charge in [0.1, 0.15) is 5.75 Å². The number of rotatable bonds is 8. The minimum Gasteiger partial charge on any atom is -0.497 e. The second kappa shape index (κ2) is 8.81. The lowest BCUT2D eigenvalue weighted by atomic mass is 10.1. The van der Waals surface area contributed by atoms with Crippen molar-refractivity contribution in [2.24, 2.45) is 0 Å². The van der Waals surface area contributed by atoms with Gasteiger partial charge in [-0.2, -0.15) is 8.42 Å². The van der Waals surface area contributed by atoms with Crippen LogP contribution in [0.3, 0.4) is 0 Å². The van der Waals surface area contributed by atoms with Gasteiger partial charge in [-0.25, -0.2) is 9.97 Å². The summed E-state index contributed by atoms with van der Waals surface area (Å²) in [5.41, 5.74) is 3.73. The van der Waals surface area contributed by atoms with Crippen molar-refractivity contribution in [2.75, 3.05) is 25.3 Å². The monoisotopic (exact) mass is 399 g/mol. The van der Waals surface area contributed by atoms with Crippen molar-refractivity contribution in [1.29, 1.82) is 0 Å². The topological polar surface area (TPSA) is 90.4 Å². The second-order valence-corrected chi connectivity index (χ2v) is 7.77. The number of ether oxygens (including phenoxy) is 1. The van der Waals surface area contributed by atoms with E-state index < -0.39 is 10.1 Å². The first-order valence-electron chi connectivity index (χ1n) is 8.60. The van der Waals surface area contributed by atoms with Crippen LogP contribution in [0.4, 0.5) is 11.6 Å². The predicted molar refractivity (Wildman–Crippen MR) is 108 cm³/mol. The second-order valence-electron chi connectivity index (χ2n) is 6.12. The highest BCUT2D eigenvalue weighted by molar-refractivity contribution is 7.85. The molecule has 0 saturated heterocycles. The van der Waals surface area contributed by atoms with Gasteiger partial charge in [0.25, 0.3) is 10.1 Å². The van der Waals surface area contributed by atoms with Crippen LogP contribution in [0.15, 0.2) is 60.9 Å². The van der Waals surface area contributed by atoms with Gasteiger partial charge in [0.2, 0.25) is 5.95 Å². The van der Waals surface area contributed by atoms with E-state index in [2.05, 4.69) is 15.3 Å². The fourth-order valence-electron chi connectivity index (χ4n) is 2.52. The molecule has 0 aliphatic heterocycles. The average Bonchev–Trinajstić information content (AvgIpc) is 2.69. The Hall–Kier alpha value is -2.97. The van der Waals surface area contributed by atoms with Gasteiger partial charge >= 0.3 is 0 Å². The van der Waals surface area contributed by atoms with Crippen molar-refractivity contribution in [3.63, 3.8) is 0 Å². The minimum atomic E-state index is -3.41. The van der Waals surface area contributed by atoms with Crippen molar-refractivity contribution in [1.82, 2.24) is 9.97 Å². The van der Waals surface area contributed by atoms with E-state index in [1.807, 2.05) is 48.5 Å². The summed E-state index contributed by atoms with van der Waals surface area (Å²) in [6.45, 7) is 0.127. The van der Waals surface area contributed by atoms with Gasteiger partial charge in [0.05, 0.1) is 20.0 Å². The summed E-state index contributed by atoms with van der Waals surface area (Å²) in [6, 6.07) is 15.3. The molecule has 0 fully saturated rings. The van der Waals surface area contributed by atoms with E-state index in [1.54, 1.807) is 19.5 Å². The largest absolute Gasteiger partial charge is 0.497 e. The molecule has 0 spiro atoms. The summed E-state index contributed by atoms with van der Waals surface area (Å²) < 4.78 is 31.9. The number of nitrogens with one attached hydrogen (secondary N) is 1. The highest BCUT2D eigenvalue weighted by Crippen LogP contribution is 2.22. The molecule has 0 unspecified atom stereocenters. The lowest BCUT2D eigenvalue weighted by Crippen LogP contribution is -2.06. The van der Waals surface area contributed by atoms with Crippen molar-refractivity contribution in [3.05, 3.63) is 66.5 Å². The van der Waals surface area contributed by atoms with E-state index >= 15 is 0 Å². The first-order valence-corrected chi connectivity index (χ1v) is 10.4. The molecule has 1 aromatic heterocycles. The molecule has 0 aliphatic carbocycles. The molecule has 7 nitrogen and oxygen atoms in total. The van der Waals surface area contributed by atoms with E-state index in [0.29, 0.717) is 12.4 Å². The number of methoxy groups -OCH3 is 1. The maximum absolute atomic E-state index is 11.0. The number of hydrogen-bond donors (Lipinski definition) is 1. The molecule has 3 rings (SSSR count). The van der Waals surface area contributed by atoms with Crippen molar-refractivity contribution in [3.8, 4) is 16.9 Å². The van der Waals surface area contributed by atoms with Gasteiger partial charge in [-0.3, -0.25) is 4.18 Å². The standard InChI is InChI=1S/C20H21N3O4S/c1-26-19-9-5-16(6-10-19)17-13-21-20(22-14-17)23-18-7-3-15(4-8-18)11-12-27-28(2,24)25/h3-10,13-14H,11-12H2,1-2H3,(H,21,22,23). The quantitative estimate of drug-likeness (QED) is 0.581. The van der Waals surface area contributed by atoms with Gasteiger partial charge in [0, 0.05) is 23.6 Å². The van der Waals surface area contributed by atoms with Crippen LogP contribution in [0.1, 0.15) is 5.56 Å². The lowest BCUT2D eigenvalue weighted by Gasteiger charge is -2.08. The van der Waals surface area contributed by atoms with Gasteiger partial charge < -0.3 is 10.1 Å². The zero-order valence-corrected chi connectivity index (χ0v) is 16.4. The molecule has 146 valence electrons. The van der Waals surface area contributed by atoms with Gasteiger partial charge in [0.15, 0.2) is 0 Å². The van der Waals surface area contributed by atoms with Gasteiger partial charge in [-0.15, -0.1) is 0 Å². The van der Waals surface area contributed by atoms with E-state index in [4.69, 9.17) is 8.92 Å². The Morgan fingerprint density at radius 1 is 0.929 bits per heavy atom. The van der Waals surface area contributed by atoms with Crippen LogP contribution in [-0.4, -0.2) is 38.4 Å². The first kappa shape index (κ1) is 19.8. The van der Waals surface area contributed by atoms with Crippen LogP contribution in [0.2, 0.25) is 0 Å². The van der Waals surface area contributed by atoms with Gasteiger partial charge in [-0.1, -0.05) is 24.3 Å². The molecule has 3 aromatic rings. The molecule has 0 saturated carbocycles. The van der Waals surface area contributed by atoms with E-state index in [9.17, 15) is 8.42 Å². The van der Waals surface area contributed by atoms with Crippen LogP contribution in [-0.2, 0) is 20.7 Å². The summed E-state index contributed by atoms with van der Waals surface area (Å²) >= 11 is 0. The zero-order chi connectivity index (χ0) is 20.0. The third-order valence-corrected chi connectivity index (χ3v) is 4.57. The molecule has 2 aromatic carbocycles. The molecular weight excluding hydrogens is 378 g/mol. The van der Waals surface area contributed by atoms with Gasteiger partial charge in [-0.05, 0) is 41.8 Å². The molecular formula is C20H21N3O4S. The molecule has 0 radical (unpaired) electrons. The summed E-state index contributed by atoms with van der Waals surface area (Å²) in [4.78, 5) is 8.70. The van der Waals surface area contributed by atoms with Crippen LogP contribution < -0.4 is 10.1 Å². The average molecular weight is 399 g/mol. The molecule has 0 amide bonds. The highest BCUT2D eigenvalue weighted by Gasteiger charge is 2.04. The predicted octanol–water partition coefficient (Wildman–Crippen LogP) is 3.41. The Balaban J connectivity index is 1.59. The molecule has 0 bridgehead atoms. The van der Waals surface area contributed by atoms with E-state index in [1.165, 1.54) is 0 Å². The zero-order valence-electron chi connectivity index (χ0n) is 15.6. The lowest BCUT2D eigenvalue weighted by molar-refractivity contribution is 0.326. The summed E-state index contributed by atoms with van der Waals surface area (Å²) in [7, 11) is -1.77. The third-order valence-electron chi connectivity index (χ3n) is 3.97. The highest BCUT2D eigenvalue weighted by atomic mass is 32.2. The van der Waals surface area contributed by atoms with Crippen LogP contribution in [0.25, 0.3) is 11.1 Å². The third kappa shape index (κ3) is 5.77. The maximum Gasteiger partial charge on any atom is 0.264 e. The Labute approximate surface area is 164 Å². The number of nitrogens with zero attached hydrogens (tertiary/aromatic N) is 2. The number of hydrogen-bond acceptors (Lipinski definition) is 7. The van der Waals surface area contributed by atoms with E-state index in [0.717, 1.165) is 34.4 Å². The number of anilines is 2. The minimum absolute atomic E-state index is 0.127. The Morgan fingerprint density at radius 2 is 1.57 bits per heavy atom. The normalized spacial score (nSPS) is 11.2. The Bertz CT molecular complexity index is 1000. The van der Waals surface area contributed by atoms with Crippen molar-refractivity contribution >= 4 is 21.8 Å². The molecule has 28 heavy (non-hydrogen) atoms. The van der Waals surface area contributed by atoms with Crippen molar-refractivity contribution in [2.45, 2.75) is 6.42 Å². The molecule has 8 heteroatoms. The molecule has 1 heterocycles.